The number of pyridine rings is 1. The zero-order valence-electron chi connectivity index (χ0n) is 13.8. The third kappa shape index (κ3) is 3.14. The van der Waals surface area contributed by atoms with Gasteiger partial charge in [-0.2, -0.15) is 0 Å². The highest BCUT2D eigenvalue weighted by Crippen LogP contribution is 2.34. The summed E-state index contributed by atoms with van der Waals surface area (Å²) in [6.45, 7) is 0. The molecule has 0 bridgehead atoms. The van der Waals surface area contributed by atoms with Crippen molar-refractivity contribution < 1.29 is 0 Å². The van der Waals surface area contributed by atoms with Gasteiger partial charge in [0.15, 0.2) is 0 Å². The molecule has 3 nitrogen and oxygen atoms in total. The summed E-state index contributed by atoms with van der Waals surface area (Å²) in [5.41, 5.74) is 4.59. The number of aromatic nitrogens is 1. The lowest BCUT2D eigenvalue weighted by Crippen LogP contribution is -1.96. The van der Waals surface area contributed by atoms with Crippen molar-refractivity contribution in [1.82, 2.24) is 4.98 Å². The monoisotopic (exact) mass is 401 g/mol. The largest absolute Gasteiger partial charge is 0.387 e. The van der Waals surface area contributed by atoms with E-state index in [1.54, 1.807) is 12.1 Å². The molecule has 0 aliphatic carbocycles. The Morgan fingerprint density at radius 3 is 2.12 bits per heavy atom. The summed E-state index contributed by atoms with van der Waals surface area (Å²) in [5.74, 6) is 0. The standard InChI is InChI=1S/C20H14Cl3N3/c1-24-20-14-8-11(21)2-6-18(14)26-19-7-4-12(9-15(19)20)25-13-3-5-16(22)17(23)10-13/h2-10,25H,1H3,(H,24,26). The van der Waals surface area contributed by atoms with Gasteiger partial charge in [-0.15, -0.1) is 0 Å². The van der Waals surface area contributed by atoms with Crippen molar-refractivity contribution in [1.29, 1.82) is 0 Å². The first-order valence-corrected chi connectivity index (χ1v) is 9.11. The van der Waals surface area contributed by atoms with Crippen molar-refractivity contribution in [3.8, 4) is 0 Å². The maximum atomic E-state index is 6.17. The van der Waals surface area contributed by atoms with E-state index in [0.29, 0.717) is 15.1 Å². The van der Waals surface area contributed by atoms with Gasteiger partial charge in [-0.3, -0.25) is 0 Å². The average Bonchev–Trinajstić information content (AvgIpc) is 2.63. The summed E-state index contributed by atoms with van der Waals surface area (Å²) in [6, 6.07) is 17.2. The second-order valence-corrected chi connectivity index (χ2v) is 7.13. The van der Waals surface area contributed by atoms with Crippen LogP contribution in [0, 0.1) is 0 Å². The fourth-order valence-electron chi connectivity index (χ4n) is 3.00. The van der Waals surface area contributed by atoms with Crippen LogP contribution in [0.4, 0.5) is 17.1 Å². The highest BCUT2D eigenvalue weighted by atomic mass is 35.5. The fourth-order valence-corrected chi connectivity index (χ4v) is 3.47. The van der Waals surface area contributed by atoms with Gasteiger partial charge in [0.25, 0.3) is 0 Å². The van der Waals surface area contributed by atoms with Gasteiger partial charge in [0.1, 0.15) is 0 Å². The van der Waals surface area contributed by atoms with Gasteiger partial charge < -0.3 is 10.6 Å². The van der Waals surface area contributed by atoms with Crippen LogP contribution in [0.1, 0.15) is 0 Å². The maximum absolute atomic E-state index is 6.17. The second-order valence-electron chi connectivity index (χ2n) is 5.88. The average molecular weight is 403 g/mol. The summed E-state index contributed by atoms with van der Waals surface area (Å²) in [4.78, 5) is 4.74. The minimum atomic E-state index is 0.510. The Hall–Kier alpha value is -2.20. The van der Waals surface area contributed by atoms with Crippen molar-refractivity contribution >= 4 is 73.7 Å². The number of nitrogens with zero attached hydrogens (tertiary/aromatic N) is 1. The molecule has 0 amide bonds. The lowest BCUT2D eigenvalue weighted by Gasteiger charge is -2.13. The molecular weight excluding hydrogens is 389 g/mol. The summed E-state index contributed by atoms with van der Waals surface area (Å²) in [6.07, 6.45) is 0. The molecule has 0 saturated carbocycles. The zero-order valence-corrected chi connectivity index (χ0v) is 16.0. The van der Waals surface area contributed by atoms with Crippen molar-refractivity contribution in [2.75, 3.05) is 17.7 Å². The van der Waals surface area contributed by atoms with Crippen LogP contribution in [-0.2, 0) is 0 Å². The number of anilines is 3. The lowest BCUT2D eigenvalue weighted by atomic mass is 10.1. The van der Waals surface area contributed by atoms with Crippen LogP contribution in [0.15, 0.2) is 54.6 Å². The van der Waals surface area contributed by atoms with Crippen LogP contribution in [0.25, 0.3) is 21.8 Å². The Kier molecular flexibility index (Phi) is 4.53. The van der Waals surface area contributed by atoms with Gasteiger partial charge in [-0.25, -0.2) is 4.98 Å². The molecule has 0 aliphatic rings. The molecule has 4 rings (SSSR count). The third-order valence-corrected chi connectivity index (χ3v) is 5.17. The molecule has 0 atom stereocenters. The summed E-state index contributed by atoms with van der Waals surface area (Å²) < 4.78 is 0. The van der Waals surface area contributed by atoms with E-state index >= 15 is 0 Å². The van der Waals surface area contributed by atoms with E-state index in [-0.39, 0.29) is 0 Å². The van der Waals surface area contributed by atoms with Gasteiger partial charge in [0, 0.05) is 34.2 Å². The first kappa shape index (κ1) is 17.2. The van der Waals surface area contributed by atoms with E-state index < -0.39 is 0 Å². The van der Waals surface area contributed by atoms with Crippen LogP contribution >= 0.6 is 34.8 Å². The third-order valence-electron chi connectivity index (χ3n) is 4.19. The molecule has 4 aromatic rings. The molecule has 26 heavy (non-hydrogen) atoms. The van der Waals surface area contributed by atoms with Gasteiger partial charge in [-0.05, 0) is 54.6 Å². The molecule has 6 heteroatoms. The van der Waals surface area contributed by atoms with Gasteiger partial charge >= 0.3 is 0 Å². The van der Waals surface area contributed by atoms with Crippen LogP contribution < -0.4 is 10.6 Å². The Morgan fingerprint density at radius 2 is 1.38 bits per heavy atom. The van der Waals surface area contributed by atoms with Crippen molar-refractivity contribution in [3.63, 3.8) is 0 Å². The molecule has 0 saturated heterocycles. The smallest absolute Gasteiger partial charge is 0.0732 e. The molecule has 0 unspecified atom stereocenters. The molecule has 0 radical (unpaired) electrons. The van der Waals surface area contributed by atoms with Crippen molar-refractivity contribution in [2.24, 2.45) is 0 Å². The van der Waals surface area contributed by atoms with Crippen molar-refractivity contribution in [2.45, 2.75) is 0 Å². The summed E-state index contributed by atoms with van der Waals surface area (Å²) in [7, 11) is 1.90. The van der Waals surface area contributed by atoms with Gasteiger partial charge in [-0.1, -0.05) is 34.8 Å². The topological polar surface area (TPSA) is 37.0 Å². The predicted octanol–water partition coefficient (Wildman–Crippen LogP) is 7.13. The Labute approximate surface area is 165 Å². The Balaban J connectivity index is 1.85. The normalized spacial score (nSPS) is 11.1. The predicted molar refractivity (Wildman–Crippen MR) is 114 cm³/mol. The fraction of sp³-hybridized carbons (Fsp3) is 0.0500. The van der Waals surface area contributed by atoms with Crippen LogP contribution in [0.3, 0.4) is 0 Å². The molecule has 1 aromatic heterocycles. The molecule has 2 N–H and O–H groups in total. The van der Waals surface area contributed by atoms with E-state index in [2.05, 4.69) is 16.7 Å². The van der Waals surface area contributed by atoms with Crippen LogP contribution in [0.2, 0.25) is 15.1 Å². The minimum Gasteiger partial charge on any atom is -0.387 e. The molecule has 3 aromatic carbocycles. The molecule has 1 heterocycles. The first-order valence-electron chi connectivity index (χ1n) is 7.98. The number of nitrogens with one attached hydrogen (secondary N) is 2. The SMILES string of the molecule is CNc1c2cc(Cl)ccc2nc2ccc(Nc3ccc(Cl)c(Cl)c3)cc12. The van der Waals surface area contributed by atoms with Gasteiger partial charge in [0.05, 0.1) is 26.8 Å². The number of hydrogen-bond acceptors (Lipinski definition) is 3. The molecule has 130 valence electrons. The molecular formula is C20H14Cl3N3. The number of hydrogen-bond donors (Lipinski definition) is 2. The second kappa shape index (κ2) is 6.84. The molecule has 0 fully saturated rings. The summed E-state index contributed by atoms with van der Waals surface area (Å²) >= 11 is 18.3. The van der Waals surface area contributed by atoms with E-state index in [1.165, 1.54) is 0 Å². The first-order chi connectivity index (χ1) is 12.5. The van der Waals surface area contributed by atoms with E-state index in [4.69, 9.17) is 39.8 Å². The Morgan fingerprint density at radius 1 is 0.731 bits per heavy atom. The quantitative estimate of drug-likeness (QED) is 0.358. The van der Waals surface area contributed by atoms with Crippen molar-refractivity contribution in [3.05, 3.63) is 69.7 Å². The maximum Gasteiger partial charge on any atom is 0.0732 e. The molecule has 0 aliphatic heterocycles. The summed E-state index contributed by atoms with van der Waals surface area (Å²) in [5, 5.41) is 10.3. The highest BCUT2D eigenvalue weighted by Gasteiger charge is 2.10. The van der Waals surface area contributed by atoms with Crippen LogP contribution in [0.5, 0.6) is 0 Å². The number of rotatable bonds is 3. The minimum absolute atomic E-state index is 0.510. The van der Waals surface area contributed by atoms with E-state index in [1.807, 2.05) is 43.4 Å². The molecule has 0 spiro atoms. The number of fused-ring (bicyclic) bond motifs is 2. The van der Waals surface area contributed by atoms with Crippen LogP contribution in [-0.4, -0.2) is 12.0 Å². The number of halogens is 3. The van der Waals surface area contributed by atoms with E-state index in [0.717, 1.165) is 38.9 Å². The number of benzene rings is 3. The van der Waals surface area contributed by atoms with E-state index in [9.17, 15) is 0 Å². The highest BCUT2D eigenvalue weighted by molar-refractivity contribution is 6.42. The Bertz CT molecular complexity index is 1140. The van der Waals surface area contributed by atoms with Gasteiger partial charge in [0.2, 0.25) is 0 Å². The zero-order chi connectivity index (χ0) is 18.3. The lowest BCUT2D eigenvalue weighted by molar-refractivity contribution is 1.47.